The maximum Gasteiger partial charge on any atom is 0.226 e. The fraction of sp³-hybridized carbons (Fsp3) is 0.647. The standard InChI is InChI=1S/C17H25N3O2S/c1-12(2)10-16-18-15(19-22-16)11-20-7-5-13(6-8-20)17(21)14-4-3-9-23-14/h3-4,9,12-13,17,21H,5-8,10-11H2,1-2H3. The zero-order valence-electron chi connectivity index (χ0n) is 13.8. The van der Waals surface area contributed by atoms with Crippen LogP contribution in [0.15, 0.2) is 22.0 Å². The lowest BCUT2D eigenvalue weighted by Crippen LogP contribution is -2.35. The number of thiophene rings is 1. The van der Waals surface area contributed by atoms with E-state index in [-0.39, 0.29) is 6.10 Å². The van der Waals surface area contributed by atoms with Gasteiger partial charge in [-0.15, -0.1) is 11.3 Å². The predicted octanol–water partition coefficient (Wildman–Crippen LogP) is 3.28. The molecule has 1 aliphatic rings. The monoisotopic (exact) mass is 335 g/mol. The minimum Gasteiger partial charge on any atom is -0.387 e. The van der Waals surface area contributed by atoms with Gasteiger partial charge in [0.1, 0.15) is 0 Å². The molecule has 0 saturated carbocycles. The van der Waals surface area contributed by atoms with Crippen LogP contribution in [0, 0.1) is 11.8 Å². The highest BCUT2D eigenvalue weighted by atomic mass is 32.1. The van der Waals surface area contributed by atoms with E-state index in [4.69, 9.17) is 4.52 Å². The number of aromatic nitrogens is 2. The Bertz CT molecular complexity index is 589. The fourth-order valence-electron chi connectivity index (χ4n) is 3.11. The van der Waals surface area contributed by atoms with Crippen LogP contribution in [0.4, 0.5) is 0 Å². The van der Waals surface area contributed by atoms with Gasteiger partial charge in [-0.05, 0) is 49.2 Å². The third-order valence-electron chi connectivity index (χ3n) is 4.37. The molecule has 1 N–H and O–H groups in total. The van der Waals surface area contributed by atoms with Crippen LogP contribution in [0.5, 0.6) is 0 Å². The number of hydrogen-bond donors (Lipinski definition) is 1. The molecule has 1 atom stereocenters. The Morgan fingerprint density at radius 1 is 1.39 bits per heavy atom. The number of aliphatic hydroxyl groups is 1. The minimum atomic E-state index is -0.319. The van der Waals surface area contributed by atoms with Crippen LogP contribution in [0.25, 0.3) is 0 Å². The molecule has 1 fully saturated rings. The van der Waals surface area contributed by atoms with Crippen LogP contribution < -0.4 is 0 Å². The van der Waals surface area contributed by atoms with Gasteiger partial charge in [-0.3, -0.25) is 4.90 Å². The summed E-state index contributed by atoms with van der Waals surface area (Å²) in [6, 6.07) is 4.03. The lowest BCUT2D eigenvalue weighted by Gasteiger charge is -2.33. The molecule has 126 valence electrons. The van der Waals surface area contributed by atoms with Gasteiger partial charge in [0.2, 0.25) is 5.89 Å². The van der Waals surface area contributed by atoms with Crippen LogP contribution in [0.3, 0.4) is 0 Å². The number of hydrogen-bond acceptors (Lipinski definition) is 6. The molecule has 1 saturated heterocycles. The van der Waals surface area contributed by atoms with E-state index in [2.05, 4.69) is 28.9 Å². The van der Waals surface area contributed by atoms with Gasteiger partial charge in [-0.2, -0.15) is 4.98 Å². The molecule has 1 unspecified atom stereocenters. The summed E-state index contributed by atoms with van der Waals surface area (Å²) in [7, 11) is 0. The summed E-state index contributed by atoms with van der Waals surface area (Å²) < 4.78 is 5.30. The number of piperidine rings is 1. The molecule has 2 aromatic heterocycles. The molecule has 5 nitrogen and oxygen atoms in total. The van der Waals surface area contributed by atoms with Crippen LogP contribution in [-0.4, -0.2) is 33.2 Å². The molecule has 23 heavy (non-hydrogen) atoms. The van der Waals surface area contributed by atoms with E-state index in [1.54, 1.807) is 11.3 Å². The van der Waals surface area contributed by atoms with E-state index in [1.165, 1.54) is 0 Å². The lowest BCUT2D eigenvalue weighted by molar-refractivity contribution is 0.0581. The molecular formula is C17H25N3O2S. The molecule has 0 aromatic carbocycles. The van der Waals surface area contributed by atoms with Crippen molar-refractivity contribution in [2.24, 2.45) is 11.8 Å². The summed E-state index contributed by atoms with van der Waals surface area (Å²) in [5, 5.41) is 16.6. The Morgan fingerprint density at radius 2 is 2.17 bits per heavy atom. The third-order valence-corrected chi connectivity index (χ3v) is 5.31. The van der Waals surface area contributed by atoms with Gasteiger partial charge in [-0.25, -0.2) is 0 Å². The highest BCUT2D eigenvalue weighted by Crippen LogP contribution is 2.33. The van der Waals surface area contributed by atoms with Crippen molar-refractivity contribution in [3.8, 4) is 0 Å². The number of likely N-dealkylation sites (tertiary alicyclic amines) is 1. The number of aliphatic hydroxyl groups excluding tert-OH is 1. The quantitative estimate of drug-likeness (QED) is 0.878. The zero-order valence-corrected chi connectivity index (χ0v) is 14.6. The van der Waals surface area contributed by atoms with Crippen molar-refractivity contribution < 1.29 is 9.63 Å². The van der Waals surface area contributed by atoms with Gasteiger partial charge in [-0.1, -0.05) is 25.1 Å². The van der Waals surface area contributed by atoms with Crippen molar-refractivity contribution in [2.45, 2.75) is 45.8 Å². The normalized spacial score (nSPS) is 18.6. The number of rotatable bonds is 6. The summed E-state index contributed by atoms with van der Waals surface area (Å²) in [6.07, 6.45) is 2.54. The van der Waals surface area contributed by atoms with Crippen molar-refractivity contribution >= 4 is 11.3 Å². The second-order valence-corrected chi connectivity index (χ2v) is 7.76. The SMILES string of the molecule is CC(C)Cc1nc(CN2CCC(C(O)c3cccs3)CC2)no1. The molecule has 1 aliphatic heterocycles. The number of nitrogens with zero attached hydrogens (tertiary/aromatic N) is 3. The van der Waals surface area contributed by atoms with E-state index in [1.807, 2.05) is 17.5 Å². The first-order valence-electron chi connectivity index (χ1n) is 8.37. The summed E-state index contributed by atoms with van der Waals surface area (Å²) in [4.78, 5) is 7.90. The second-order valence-electron chi connectivity index (χ2n) is 6.78. The van der Waals surface area contributed by atoms with Crippen LogP contribution >= 0.6 is 11.3 Å². The van der Waals surface area contributed by atoms with Crippen molar-refractivity contribution in [1.82, 2.24) is 15.0 Å². The molecule has 0 radical (unpaired) electrons. The summed E-state index contributed by atoms with van der Waals surface area (Å²) in [5.41, 5.74) is 0. The molecule has 3 heterocycles. The van der Waals surface area contributed by atoms with Crippen LogP contribution in [0.1, 0.15) is 49.4 Å². The molecule has 0 spiro atoms. The highest BCUT2D eigenvalue weighted by molar-refractivity contribution is 7.10. The maximum absolute atomic E-state index is 10.4. The van der Waals surface area contributed by atoms with Gasteiger partial charge in [0.15, 0.2) is 5.82 Å². The van der Waals surface area contributed by atoms with Gasteiger partial charge >= 0.3 is 0 Å². The topological polar surface area (TPSA) is 62.4 Å². The third kappa shape index (κ3) is 4.40. The van der Waals surface area contributed by atoms with Crippen molar-refractivity contribution in [3.63, 3.8) is 0 Å². The van der Waals surface area contributed by atoms with Gasteiger partial charge in [0.25, 0.3) is 0 Å². The van der Waals surface area contributed by atoms with Crippen molar-refractivity contribution in [1.29, 1.82) is 0 Å². The Hall–Kier alpha value is -1.24. The van der Waals surface area contributed by atoms with Crippen LogP contribution in [0.2, 0.25) is 0 Å². The Kier molecular flexibility index (Phi) is 5.46. The highest BCUT2D eigenvalue weighted by Gasteiger charge is 2.27. The van der Waals surface area contributed by atoms with Crippen molar-refractivity contribution in [3.05, 3.63) is 34.1 Å². The van der Waals surface area contributed by atoms with E-state index >= 15 is 0 Å². The lowest BCUT2D eigenvalue weighted by atomic mass is 9.90. The first-order valence-corrected chi connectivity index (χ1v) is 9.25. The Morgan fingerprint density at radius 3 is 2.83 bits per heavy atom. The summed E-state index contributed by atoms with van der Waals surface area (Å²) in [6.45, 7) is 6.98. The second kappa shape index (κ2) is 7.55. The van der Waals surface area contributed by atoms with E-state index < -0.39 is 0 Å². The predicted molar refractivity (Wildman–Crippen MR) is 90.1 cm³/mol. The minimum absolute atomic E-state index is 0.319. The van der Waals surface area contributed by atoms with E-state index in [0.717, 1.165) is 55.5 Å². The maximum atomic E-state index is 10.4. The van der Waals surface area contributed by atoms with E-state index in [0.29, 0.717) is 11.8 Å². The molecule has 3 rings (SSSR count). The molecule has 0 amide bonds. The van der Waals surface area contributed by atoms with Gasteiger partial charge in [0, 0.05) is 11.3 Å². The average molecular weight is 335 g/mol. The molecular weight excluding hydrogens is 310 g/mol. The molecule has 2 aromatic rings. The summed E-state index contributed by atoms with van der Waals surface area (Å²) in [5.74, 6) is 2.39. The molecule has 0 bridgehead atoms. The van der Waals surface area contributed by atoms with Gasteiger partial charge in [0.05, 0.1) is 12.6 Å². The fourth-order valence-corrected chi connectivity index (χ4v) is 3.91. The largest absolute Gasteiger partial charge is 0.387 e. The van der Waals surface area contributed by atoms with E-state index in [9.17, 15) is 5.11 Å². The van der Waals surface area contributed by atoms with Gasteiger partial charge < -0.3 is 9.63 Å². The first-order chi connectivity index (χ1) is 11.1. The Balaban J connectivity index is 1.48. The first kappa shape index (κ1) is 16.6. The van der Waals surface area contributed by atoms with Crippen molar-refractivity contribution in [2.75, 3.05) is 13.1 Å². The zero-order chi connectivity index (χ0) is 16.2. The molecule has 0 aliphatic carbocycles. The molecule has 6 heteroatoms. The average Bonchev–Trinajstić information content (AvgIpc) is 3.19. The summed E-state index contributed by atoms with van der Waals surface area (Å²) >= 11 is 1.64. The van der Waals surface area contributed by atoms with Crippen LogP contribution in [-0.2, 0) is 13.0 Å². The smallest absolute Gasteiger partial charge is 0.226 e. The Labute approximate surface area is 141 Å².